The van der Waals surface area contributed by atoms with Crippen molar-refractivity contribution in [1.82, 2.24) is 10.6 Å². The molecule has 0 saturated carbocycles. The zero-order valence-corrected chi connectivity index (χ0v) is 19.2. The normalized spacial score (nSPS) is 8.89. The molecular weight excluding hydrogens is 490 g/mol. The number of carboxylic acids is 1. The van der Waals surface area contributed by atoms with E-state index in [0.29, 0.717) is 11.1 Å². The van der Waals surface area contributed by atoms with Crippen LogP contribution < -0.4 is 45.3 Å². The van der Waals surface area contributed by atoms with Gasteiger partial charge in [0.2, 0.25) is 0 Å². The fourth-order valence-electron chi connectivity index (χ4n) is 1.72. The Morgan fingerprint density at radius 3 is 1.54 bits per heavy atom. The standard InChI is InChI=1S/C9H8INO3.C9H9NO3.Na/c10-14-8(12)6-11-9(13)7-4-2-1-3-5-7;11-8(12)6-10-9(13)7-4-2-1-3-5-7;/h1-5H,6H2,(H,11,13);1-5H,6H2,(H,10,13)(H,11,12);/q;;+1/p-1. The maximum absolute atomic E-state index is 11.3. The van der Waals surface area contributed by atoms with Crippen molar-refractivity contribution in [3.05, 3.63) is 71.8 Å². The smallest absolute Gasteiger partial charge is 0.548 e. The number of benzene rings is 2. The van der Waals surface area contributed by atoms with Gasteiger partial charge in [-0.05, 0) is 24.3 Å². The Morgan fingerprint density at radius 1 is 0.786 bits per heavy atom. The van der Waals surface area contributed by atoms with Crippen LogP contribution in [0.3, 0.4) is 0 Å². The van der Waals surface area contributed by atoms with Crippen molar-refractivity contribution in [2.75, 3.05) is 13.1 Å². The van der Waals surface area contributed by atoms with Crippen molar-refractivity contribution in [2.45, 2.75) is 0 Å². The number of carboxylic acid groups (broad SMARTS) is 1. The molecule has 0 aliphatic rings. The molecule has 10 heteroatoms. The second kappa shape index (κ2) is 15.0. The molecule has 0 aliphatic carbocycles. The van der Waals surface area contributed by atoms with Gasteiger partial charge < -0.3 is 23.6 Å². The summed E-state index contributed by atoms with van der Waals surface area (Å²) in [5, 5.41) is 14.6. The fraction of sp³-hybridized carbons (Fsp3) is 0.111. The minimum Gasteiger partial charge on any atom is -0.548 e. The Morgan fingerprint density at radius 2 is 1.18 bits per heavy atom. The van der Waals surface area contributed by atoms with E-state index < -0.39 is 24.4 Å². The Balaban J connectivity index is 0.000000504. The molecule has 28 heavy (non-hydrogen) atoms. The summed E-state index contributed by atoms with van der Waals surface area (Å²) in [5.41, 5.74) is 0.956. The molecule has 2 aromatic rings. The summed E-state index contributed by atoms with van der Waals surface area (Å²) in [5.74, 6) is -2.48. The Bertz CT molecular complexity index is 774. The van der Waals surface area contributed by atoms with E-state index in [-0.39, 0.29) is 42.0 Å². The first-order chi connectivity index (χ1) is 12.9. The van der Waals surface area contributed by atoms with Crippen molar-refractivity contribution in [1.29, 1.82) is 0 Å². The molecule has 0 aliphatic heterocycles. The van der Waals surface area contributed by atoms with Crippen LogP contribution in [0.15, 0.2) is 60.7 Å². The molecule has 142 valence electrons. The van der Waals surface area contributed by atoms with Crippen molar-refractivity contribution >= 4 is 46.8 Å². The number of hydrogen-bond acceptors (Lipinski definition) is 6. The minimum absolute atomic E-state index is 0. The summed E-state index contributed by atoms with van der Waals surface area (Å²) >= 11 is 1.47. The second-order valence-electron chi connectivity index (χ2n) is 4.92. The topological polar surface area (TPSA) is 125 Å². The zero-order valence-electron chi connectivity index (χ0n) is 15.0. The predicted molar refractivity (Wildman–Crippen MR) is 103 cm³/mol. The molecule has 0 spiro atoms. The maximum atomic E-state index is 11.3. The van der Waals surface area contributed by atoms with Gasteiger partial charge in [0.05, 0.1) is 12.5 Å². The first kappa shape index (κ1) is 26.1. The van der Waals surface area contributed by atoms with Crippen LogP contribution in [0.2, 0.25) is 0 Å². The Hall–Kier alpha value is -1.95. The molecule has 0 fully saturated rings. The third-order valence-corrected chi connectivity index (χ3v) is 3.44. The molecule has 2 N–H and O–H groups in total. The number of nitrogens with one attached hydrogen (secondary N) is 2. The molecule has 2 rings (SSSR count). The summed E-state index contributed by atoms with van der Waals surface area (Å²) in [6, 6.07) is 17.1. The zero-order chi connectivity index (χ0) is 20.1. The van der Waals surface area contributed by atoms with Crippen molar-refractivity contribution in [2.24, 2.45) is 0 Å². The Kier molecular flexibility index (Phi) is 14.0. The molecule has 2 amide bonds. The van der Waals surface area contributed by atoms with Gasteiger partial charge >= 0.3 is 35.5 Å². The molecule has 0 unspecified atom stereocenters. The quantitative estimate of drug-likeness (QED) is 0.330. The van der Waals surface area contributed by atoms with Crippen LogP contribution >= 0.6 is 23.0 Å². The van der Waals surface area contributed by atoms with Gasteiger partial charge in [-0.3, -0.25) is 9.59 Å². The first-order valence-electron chi connectivity index (χ1n) is 7.61. The number of carbonyl (C=O) groups is 4. The van der Waals surface area contributed by atoms with Crippen LogP contribution in [0.5, 0.6) is 0 Å². The van der Waals surface area contributed by atoms with Crippen molar-refractivity contribution in [3.8, 4) is 0 Å². The largest absolute Gasteiger partial charge is 1.00 e. The third kappa shape index (κ3) is 11.0. The van der Waals surface area contributed by atoms with E-state index in [4.69, 9.17) is 0 Å². The third-order valence-electron chi connectivity index (χ3n) is 2.94. The molecule has 8 nitrogen and oxygen atoms in total. The maximum Gasteiger partial charge on any atom is 1.00 e. The average molecular weight is 506 g/mol. The summed E-state index contributed by atoms with van der Waals surface area (Å²) < 4.78 is 4.35. The number of carbonyl (C=O) groups excluding carboxylic acids is 4. The summed E-state index contributed by atoms with van der Waals surface area (Å²) in [6.07, 6.45) is 0. The fourth-order valence-corrected chi connectivity index (χ4v) is 1.87. The van der Waals surface area contributed by atoms with Gasteiger partial charge in [-0.25, -0.2) is 4.79 Å². The molecule has 0 aromatic heterocycles. The van der Waals surface area contributed by atoms with Crippen LogP contribution in [0.1, 0.15) is 20.7 Å². The van der Waals surface area contributed by atoms with Crippen LogP contribution in [0.25, 0.3) is 0 Å². The van der Waals surface area contributed by atoms with Crippen LogP contribution in [0.4, 0.5) is 0 Å². The first-order valence-corrected chi connectivity index (χ1v) is 8.50. The van der Waals surface area contributed by atoms with E-state index >= 15 is 0 Å². The van der Waals surface area contributed by atoms with Crippen LogP contribution in [-0.4, -0.2) is 36.8 Å². The van der Waals surface area contributed by atoms with Crippen LogP contribution in [-0.2, 0) is 12.7 Å². The average Bonchev–Trinajstić information content (AvgIpc) is 2.71. The summed E-state index contributed by atoms with van der Waals surface area (Å²) in [7, 11) is 0. The number of halogens is 1. The van der Waals surface area contributed by atoms with Crippen molar-refractivity contribution in [3.63, 3.8) is 0 Å². The molecule has 0 bridgehead atoms. The molecule has 0 heterocycles. The molecule has 0 atom stereocenters. The number of aliphatic carboxylic acids is 1. The molecular formula is C18H16IN2NaO6. The van der Waals surface area contributed by atoms with Gasteiger partial charge in [0.15, 0.2) is 23.0 Å². The van der Waals surface area contributed by atoms with Gasteiger partial charge in [-0.2, -0.15) is 0 Å². The summed E-state index contributed by atoms with van der Waals surface area (Å²) in [4.78, 5) is 43.2. The number of rotatable bonds is 6. The molecule has 0 radical (unpaired) electrons. The second-order valence-corrected chi connectivity index (χ2v) is 5.36. The molecule has 2 aromatic carbocycles. The van der Waals surface area contributed by atoms with Gasteiger partial charge in [0, 0.05) is 11.1 Å². The minimum atomic E-state index is -1.30. The van der Waals surface area contributed by atoms with E-state index in [0.717, 1.165) is 0 Å². The van der Waals surface area contributed by atoms with Gasteiger partial charge in [-0.1, -0.05) is 36.4 Å². The van der Waals surface area contributed by atoms with E-state index in [2.05, 4.69) is 13.7 Å². The van der Waals surface area contributed by atoms with Gasteiger partial charge in [0.1, 0.15) is 6.54 Å². The van der Waals surface area contributed by atoms with E-state index in [1.165, 1.54) is 23.0 Å². The van der Waals surface area contributed by atoms with Crippen molar-refractivity contribution < 1.29 is 56.9 Å². The SMILES string of the molecule is O=C(CNC(=O)c1ccccc1)OI.O=C([O-])CNC(=O)c1ccccc1.[Na+]. The monoisotopic (exact) mass is 506 g/mol. The molecule has 0 saturated heterocycles. The van der Waals surface area contributed by atoms with Crippen LogP contribution in [0, 0.1) is 0 Å². The predicted octanol–water partition coefficient (Wildman–Crippen LogP) is -2.52. The summed E-state index contributed by atoms with van der Waals surface area (Å²) in [6.45, 7) is -0.579. The van der Waals surface area contributed by atoms with Gasteiger partial charge in [-0.15, -0.1) is 0 Å². The van der Waals surface area contributed by atoms with E-state index in [9.17, 15) is 24.3 Å². The van der Waals surface area contributed by atoms with E-state index in [1.807, 2.05) is 6.07 Å². The number of hydrogen-bond donors (Lipinski definition) is 2. The number of amides is 2. The Labute approximate surface area is 198 Å². The van der Waals surface area contributed by atoms with E-state index in [1.54, 1.807) is 54.6 Å². The van der Waals surface area contributed by atoms with Gasteiger partial charge in [0.25, 0.3) is 11.8 Å².